The maximum absolute atomic E-state index is 9.00. The van der Waals surface area contributed by atoms with Gasteiger partial charge in [0.05, 0.1) is 11.3 Å². The molecule has 1 aliphatic rings. The molecule has 2 rings (SSSR count). The van der Waals surface area contributed by atoms with Crippen LogP contribution in [0.5, 0.6) is 0 Å². The summed E-state index contributed by atoms with van der Waals surface area (Å²) < 4.78 is 0. The van der Waals surface area contributed by atoms with E-state index in [2.05, 4.69) is 22.8 Å². The number of rotatable bonds is 4. The highest BCUT2D eigenvalue weighted by Gasteiger charge is 2.05. The first-order chi connectivity index (χ1) is 8.79. The molecule has 2 N–H and O–H groups in total. The van der Waals surface area contributed by atoms with Crippen LogP contribution in [-0.2, 0) is 0 Å². The molecule has 1 heterocycles. The molecule has 0 atom stereocenters. The molecule has 0 spiro atoms. The number of nitrogens with one attached hydrogen (secondary N) is 2. The SMILES string of the molecule is N#Cc1ccc(Cl)cc1NCCC1=CCNCC1. The molecular formula is C14H16ClN3. The number of halogens is 1. The van der Waals surface area contributed by atoms with Crippen LogP contribution < -0.4 is 10.6 Å². The number of benzene rings is 1. The van der Waals surface area contributed by atoms with E-state index in [1.165, 1.54) is 5.57 Å². The van der Waals surface area contributed by atoms with E-state index >= 15 is 0 Å². The van der Waals surface area contributed by atoms with Crippen LogP contribution in [0.2, 0.25) is 5.02 Å². The van der Waals surface area contributed by atoms with Gasteiger partial charge in [-0.1, -0.05) is 23.3 Å². The van der Waals surface area contributed by atoms with E-state index in [1.54, 1.807) is 18.2 Å². The van der Waals surface area contributed by atoms with Gasteiger partial charge in [-0.3, -0.25) is 0 Å². The standard InChI is InChI=1S/C14H16ClN3/c15-13-2-1-12(10-16)14(9-13)18-8-5-11-3-6-17-7-4-11/h1-3,9,17-18H,4-8H2. The highest BCUT2D eigenvalue weighted by Crippen LogP contribution is 2.20. The Labute approximate surface area is 112 Å². The monoisotopic (exact) mass is 261 g/mol. The van der Waals surface area contributed by atoms with E-state index in [0.29, 0.717) is 10.6 Å². The zero-order valence-electron chi connectivity index (χ0n) is 10.2. The second-order valence-electron chi connectivity index (χ2n) is 4.29. The maximum Gasteiger partial charge on any atom is 0.101 e. The Morgan fingerprint density at radius 1 is 1.44 bits per heavy atom. The lowest BCUT2D eigenvalue weighted by Gasteiger charge is -2.15. The van der Waals surface area contributed by atoms with Crippen molar-refractivity contribution in [3.63, 3.8) is 0 Å². The molecule has 0 unspecified atom stereocenters. The second-order valence-corrected chi connectivity index (χ2v) is 4.73. The van der Waals surface area contributed by atoms with Gasteiger partial charge in [0.2, 0.25) is 0 Å². The van der Waals surface area contributed by atoms with Crippen LogP contribution >= 0.6 is 11.6 Å². The molecule has 0 aliphatic carbocycles. The van der Waals surface area contributed by atoms with Crippen molar-refractivity contribution in [2.75, 3.05) is 25.0 Å². The van der Waals surface area contributed by atoms with Crippen LogP contribution in [0.15, 0.2) is 29.8 Å². The summed E-state index contributed by atoms with van der Waals surface area (Å²) in [5, 5.41) is 16.2. The first kappa shape index (κ1) is 12.9. The van der Waals surface area contributed by atoms with Crippen LogP contribution in [0.1, 0.15) is 18.4 Å². The number of anilines is 1. The molecule has 0 bridgehead atoms. The van der Waals surface area contributed by atoms with Gasteiger partial charge in [0.1, 0.15) is 6.07 Å². The fourth-order valence-corrected chi connectivity index (χ4v) is 2.19. The average Bonchev–Trinajstić information content (AvgIpc) is 2.40. The Bertz CT molecular complexity index is 488. The summed E-state index contributed by atoms with van der Waals surface area (Å²) >= 11 is 5.93. The molecule has 3 nitrogen and oxygen atoms in total. The van der Waals surface area contributed by atoms with Crippen molar-refractivity contribution in [3.05, 3.63) is 40.4 Å². The first-order valence-electron chi connectivity index (χ1n) is 6.12. The van der Waals surface area contributed by atoms with Crippen LogP contribution in [0.4, 0.5) is 5.69 Å². The summed E-state index contributed by atoms with van der Waals surface area (Å²) in [6, 6.07) is 7.45. The Morgan fingerprint density at radius 2 is 2.33 bits per heavy atom. The van der Waals surface area contributed by atoms with Gasteiger partial charge in [0.25, 0.3) is 0 Å². The van der Waals surface area contributed by atoms with Crippen molar-refractivity contribution < 1.29 is 0 Å². The van der Waals surface area contributed by atoms with E-state index in [4.69, 9.17) is 16.9 Å². The van der Waals surface area contributed by atoms with Crippen molar-refractivity contribution >= 4 is 17.3 Å². The number of nitriles is 1. The van der Waals surface area contributed by atoms with Crippen molar-refractivity contribution in [1.29, 1.82) is 5.26 Å². The minimum absolute atomic E-state index is 0.638. The predicted molar refractivity (Wildman–Crippen MR) is 74.8 cm³/mol. The van der Waals surface area contributed by atoms with E-state index in [0.717, 1.165) is 38.2 Å². The molecule has 1 aromatic carbocycles. The van der Waals surface area contributed by atoms with E-state index < -0.39 is 0 Å². The highest BCUT2D eigenvalue weighted by atomic mass is 35.5. The normalized spacial score (nSPS) is 14.8. The van der Waals surface area contributed by atoms with Gasteiger partial charge in [0, 0.05) is 18.1 Å². The summed E-state index contributed by atoms with van der Waals surface area (Å²) in [5.74, 6) is 0. The average molecular weight is 262 g/mol. The first-order valence-corrected chi connectivity index (χ1v) is 6.49. The Kier molecular flexibility index (Phi) is 4.63. The van der Waals surface area contributed by atoms with Gasteiger partial charge in [-0.15, -0.1) is 0 Å². The molecule has 94 valence electrons. The smallest absolute Gasteiger partial charge is 0.101 e. The molecule has 0 amide bonds. The third kappa shape index (κ3) is 3.49. The van der Waals surface area contributed by atoms with Gasteiger partial charge < -0.3 is 10.6 Å². The lowest BCUT2D eigenvalue weighted by Crippen LogP contribution is -2.21. The molecular weight excluding hydrogens is 246 g/mol. The minimum Gasteiger partial charge on any atom is -0.384 e. The van der Waals surface area contributed by atoms with Crippen LogP contribution in [0.25, 0.3) is 0 Å². The summed E-state index contributed by atoms with van der Waals surface area (Å²) in [6.07, 6.45) is 4.37. The van der Waals surface area contributed by atoms with Gasteiger partial charge in [0.15, 0.2) is 0 Å². The van der Waals surface area contributed by atoms with Crippen molar-refractivity contribution in [3.8, 4) is 6.07 Å². The van der Waals surface area contributed by atoms with Crippen LogP contribution in [0, 0.1) is 11.3 Å². The topological polar surface area (TPSA) is 47.9 Å². The molecule has 18 heavy (non-hydrogen) atoms. The summed E-state index contributed by atoms with van der Waals surface area (Å²) in [7, 11) is 0. The fourth-order valence-electron chi connectivity index (χ4n) is 2.01. The summed E-state index contributed by atoms with van der Waals surface area (Å²) in [6.45, 7) is 2.86. The quantitative estimate of drug-likeness (QED) is 0.820. The Morgan fingerprint density at radius 3 is 3.06 bits per heavy atom. The summed E-state index contributed by atoms with van der Waals surface area (Å²) in [5.41, 5.74) is 2.93. The fraction of sp³-hybridized carbons (Fsp3) is 0.357. The molecule has 4 heteroatoms. The number of hydrogen-bond donors (Lipinski definition) is 2. The molecule has 0 radical (unpaired) electrons. The predicted octanol–water partition coefficient (Wildman–Crippen LogP) is 2.93. The molecule has 0 fully saturated rings. The molecule has 1 aliphatic heterocycles. The largest absolute Gasteiger partial charge is 0.384 e. The summed E-state index contributed by atoms with van der Waals surface area (Å²) in [4.78, 5) is 0. The van der Waals surface area contributed by atoms with E-state index in [-0.39, 0.29) is 0 Å². The van der Waals surface area contributed by atoms with Crippen molar-refractivity contribution in [2.24, 2.45) is 0 Å². The van der Waals surface area contributed by atoms with Gasteiger partial charge >= 0.3 is 0 Å². The van der Waals surface area contributed by atoms with E-state index in [9.17, 15) is 0 Å². The maximum atomic E-state index is 9.00. The zero-order valence-corrected chi connectivity index (χ0v) is 10.9. The van der Waals surface area contributed by atoms with E-state index in [1.807, 2.05) is 0 Å². The number of nitrogens with zero attached hydrogens (tertiary/aromatic N) is 1. The Balaban J connectivity index is 1.92. The van der Waals surface area contributed by atoms with Crippen molar-refractivity contribution in [2.45, 2.75) is 12.8 Å². The van der Waals surface area contributed by atoms with Crippen LogP contribution in [0.3, 0.4) is 0 Å². The van der Waals surface area contributed by atoms with Gasteiger partial charge in [-0.2, -0.15) is 5.26 Å². The lowest BCUT2D eigenvalue weighted by atomic mass is 10.1. The van der Waals surface area contributed by atoms with Gasteiger partial charge in [-0.25, -0.2) is 0 Å². The molecule has 1 aromatic rings. The third-order valence-corrected chi connectivity index (χ3v) is 3.26. The van der Waals surface area contributed by atoms with Gasteiger partial charge in [-0.05, 0) is 37.6 Å². The second kappa shape index (κ2) is 6.44. The minimum atomic E-state index is 0.638. The highest BCUT2D eigenvalue weighted by molar-refractivity contribution is 6.30. The molecule has 0 aromatic heterocycles. The Hall–Kier alpha value is -1.50. The number of hydrogen-bond acceptors (Lipinski definition) is 3. The molecule has 0 saturated heterocycles. The third-order valence-electron chi connectivity index (χ3n) is 3.02. The van der Waals surface area contributed by atoms with Crippen molar-refractivity contribution in [1.82, 2.24) is 5.32 Å². The zero-order chi connectivity index (χ0) is 12.8. The molecule has 0 saturated carbocycles. The van der Waals surface area contributed by atoms with Crippen LogP contribution in [-0.4, -0.2) is 19.6 Å². The lowest BCUT2D eigenvalue weighted by molar-refractivity contribution is 0.683.